The Morgan fingerprint density at radius 3 is 2.47 bits per heavy atom. The Bertz CT molecular complexity index is 435. The maximum absolute atomic E-state index is 12.8. The van der Waals surface area contributed by atoms with E-state index in [2.05, 4.69) is 42.1 Å². The number of carbonyl (C=O) groups excluding carboxylic acids is 1. The zero-order valence-corrected chi connectivity index (χ0v) is 14.3. The molecule has 1 aliphatic carbocycles. The largest absolute Gasteiger partial charge is 0.309 e. The molecular formula is C15H22BrNOS. The maximum Gasteiger partial charge on any atom is 0.230 e. The van der Waals surface area contributed by atoms with Gasteiger partial charge in [0.2, 0.25) is 5.91 Å². The average Bonchev–Trinajstić information content (AvgIpc) is 2.76. The zero-order chi connectivity index (χ0) is 14.0. The fraction of sp³-hybridized carbons (Fsp3) is 0.667. The van der Waals surface area contributed by atoms with Crippen LogP contribution in [0.4, 0.5) is 5.69 Å². The Morgan fingerprint density at radius 1 is 1.37 bits per heavy atom. The van der Waals surface area contributed by atoms with Gasteiger partial charge in [0.1, 0.15) is 0 Å². The van der Waals surface area contributed by atoms with Gasteiger partial charge in [0.05, 0.1) is 9.47 Å². The van der Waals surface area contributed by atoms with Crippen LogP contribution in [-0.4, -0.2) is 11.9 Å². The number of hydrogen-bond donors (Lipinski definition) is 0. The van der Waals surface area contributed by atoms with E-state index < -0.39 is 0 Å². The highest BCUT2D eigenvalue weighted by Crippen LogP contribution is 2.34. The molecule has 1 aliphatic rings. The maximum atomic E-state index is 12.8. The smallest absolute Gasteiger partial charge is 0.230 e. The average molecular weight is 344 g/mol. The summed E-state index contributed by atoms with van der Waals surface area (Å²) in [5.41, 5.74) is 1.04. The minimum atomic E-state index is 0.216. The summed E-state index contributed by atoms with van der Waals surface area (Å²) >= 11 is 5.12. The summed E-state index contributed by atoms with van der Waals surface area (Å²) in [6, 6.07) is 2.27. The van der Waals surface area contributed by atoms with Crippen LogP contribution in [-0.2, 0) is 4.79 Å². The fourth-order valence-corrected chi connectivity index (χ4v) is 3.93. The lowest BCUT2D eigenvalue weighted by Gasteiger charge is -2.33. The SMILES string of the molecule is CC(C)N(c1csc(Br)c1)C(=O)[C@H]1CC[C@H](C)CC1. The Kier molecular flexibility index (Phi) is 5.07. The molecule has 1 aromatic heterocycles. The molecular weight excluding hydrogens is 322 g/mol. The minimum absolute atomic E-state index is 0.216. The second-order valence-electron chi connectivity index (χ2n) is 5.87. The third kappa shape index (κ3) is 3.60. The third-order valence-corrected chi connectivity index (χ3v) is 5.44. The van der Waals surface area contributed by atoms with E-state index in [1.165, 1.54) is 12.8 Å². The Morgan fingerprint density at radius 2 is 2.00 bits per heavy atom. The van der Waals surface area contributed by atoms with Crippen molar-refractivity contribution in [3.63, 3.8) is 0 Å². The molecule has 2 nitrogen and oxygen atoms in total. The molecule has 0 atom stereocenters. The highest BCUT2D eigenvalue weighted by molar-refractivity contribution is 9.11. The van der Waals surface area contributed by atoms with Crippen molar-refractivity contribution >= 4 is 38.9 Å². The van der Waals surface area contributed by atoms with Crippen LogP contribution in [0, 0.1) is 11.8 Å². The summed E-state index contributed by atoms with van der Waals surface area (Å²) in [5.74, 6) is 1.32. The number of anilines is 1. The van der Waals surface area contributed by atoms with Gasteiger partial charge in [-0.3, -0.25) is 4.79 Å². The van der Waals surface area contributed by atoms with Crippen molar-refractivity contribution in [1.29, 1.82) is 0 Å². The van der Waals surface area contributed by atoms with Gasteiger partial charge in [-0.05, 0) is 67.4 Å². The van der Waals surface area contributed by atoms with E-state index >= 15 is 0 Å². The lowest BCUT2D eigenvalue weighted by Crippen LogP contribution is -2.41. The first-order chi connectivity index (χ1) is 8.99. The van der Waals surface area contributed by atoms with Gasteiger partial charge in [-0.1, -0.05) is 6.92 Å². The molecule has 1 fully saturated rings. The van der Waals surface area contributed by atoms with Crippen molar-refractivity contribution in [2.24, 2.45) is 11.8 Å². The summed E-state index contributed by atoms with van der Waals surface area (Å²) in [4.78, 5) is 14.7. The molecule has 0 saturated heterocycles. The third-order valence-electron chi connectivity index (χ3n) is 3.95. The second kappa shape index (κ2) is 6.40. The zero-order valence-electron chi connectivity index (χ0n) is 11.9. The number of carbonyl (C=O) groups is 1. The van der Waals surface area contributed by atoms with E-state index in [0.717, 1.165) is 28.2 Å². The molecule has 1 saturated carbocycles. The molecule has 0 aromatic carbocycles. The molecule has 106 valence electrons. The van der Waals surface area contributed by atoms with Crippen molar-refractivity contribution in [2.75, 3.05) is 4.90 Å². The summed E-state index contributed by atoms with van der Waals surface area (Å²) in [6.45, 7) is 6.47. The summed E-state index contributed by atoms with van der Waals surface area (Å²) in [6.07, 6.45) is 4.48. The Balaban J connectivity index is 2.13. The highest BCUT2D eigenvalue weighted by atomic mass is 79.9. The summed E-state index contributed by atoms with van der Waals surface area (Å²) in [7, 11) is 0. The van der Waals surface area contributed by atoms with E-state index in [9.17, 15) is 4.79 Å². The van der Waals surface area contributed by atoms with Crippen LogP contribution in [0.25, 0.3) is 0 Å². The fourth-order valence-electron chi connectivity index (χ4n) is 2.81. The van der Waals surface area contributed by atoms with E-state index in [1.807, 2.05) is 11.0 Å². The molecule has 0 unspecified atom stereocenters. The topological polar surface area (TPSA) is 20.3 Å². The van der Waals surface area contributed by atoms with Gasteiger partial charge in [-0.25, -0.2) is 0 Å². The van der Waals surface area contributed by atoms with Gasteiger partial charge in [-0.15, -0.1) is 11.3 Å². The molecule has 19 heavy (non-hydrogen) atoms. The predicted molar refractivity (Wildman–Crippen MR) is 85.8 cm³/mol. The molecule has 1 amide bonds. The van der Waals surface area contributed by atoms with Gasteiger partial charge in [0, 0.05) is 17.3 Å². The number of hydrogen-bond acceptors (Lipinski definition) is 2. The Labute approximate surface area is 128 Å². The predicted octanol–water partition coefficient (Wildman–Crippen LogP) is 5.08. The number of halogens is 1. The van der Waals surface area contributed by atoms with Gasteiger partial charge >= 0.3 is 0 Å². The monoisotopic (exact) mass is 343 g/mol. The quantitative estimate of drug-likeness (QED) is 0.749. The second-order valence-corrected chi connectivity index (χ2v) is 8.16. The number of rotatable bonds is 3. The number of thiophene rings is 1. The molecule has 0 radical (unpaired) electrons. The minimum Gasteiger partial charge on any atom is -0.309 e. The highest BCUT2D eigenvalue weighted by Gasteiger charge is 2.30. The molecule has 1 aromatic rings. The van der Waals surface area contributed by atoms with E-state index in [4.69, 9.17) is 0 Å². The summed E-state index contributed by atoms with van der Waals surface area (Å²) < 4.78 is 1.08. The molecule has 0 aliphatic heterocycles. The van der Waals surface area contributed by atoms with Crippen LogP contribution in [0.15, 0.2) is 15.2 Å². The number of nitrogens with zero attached hydrogens (tertiary/aromatic N) is 1. The van der Waals surface area contributed by atoms with Crippen LogP contribution in [0.5, 0.6) is 0 Å². The van der Waals surface area contributed by atoms with Crippen molar-refractivity contribution in [1.82, 2.24) is 0 Å². The normalized spacial score (nSPS) is 23.6. The van der Waals surface area contributed by atoms with E-state index in [-0.39, 0.29) is 12.0 Å². The van der Waals surface area contributed by atoms with Gasteiger partial charge in [0.25, 0.3) is 0 Å². The lowest BCUT2D eigenvalue weighted by molar-refractivity contribution is -0.123. The Hall–Kier alpha value is -0.350. The van der Waals surface area contributed by atoms with E-state index in [1.54, 1.807) is 11.3 Å². The molecule has 2 rings (SSSR count). The van der Waals surface area contributed by atoms with Crippen LogP contribution in [0.3, 0.4) is 0 Å². The molecule has 0 spiro atoms. The first-order valence-electron chi connectivity index (χ1n) is 7.06. The first-order valence-corrected chi connectivity index (χ1v) is 8.73. The van der Waals surface area contributed by atoms with Gasteiger partial charge < -0.3 is 4.90 Å². The molecule has 1 heterocycles. The van der Waals surface area contributed by atoms with Gasteiger partial charge in [-0.2, -0.15) is 0 Å². The first kappa shape index (κ1) is 15.0. The van der Waals surface area contributed by atoms with Gasteiger partial charge in [0.15, 0.2) is 0 Å². The van der Waals surface area contributed by atoms with Crippen LogP contribution >= 0.6 is 27.3 Å². The standard InChI is InChI=1S/C15H22BrNOS/c1-10(2)17(13-8-14(16)19-9-13)15(18)12-6-4-11(3)5-7-12/h8-12H,4-7H2,1-3H3/t11-,12-. The van der Waals surface area contributed by atoms with Crippen LogP contribution in [0.2, 0.25) is 0 Å². The van der Waals surface area contributed by atoms with E-state index in [0.29, 0.717) is 5.91 Å². The van der Waals surface area contributed by atoms with Crippen LogP contribution in [0.1, 0.15) is 46.5 Å². The van der Waals surface area contributed by atoms with Crippen molar-refractivity contribution in [3.8, 4) is 0 Å². The van der Waals surface area contributed by atoms with Crippen LogP contribution < -0.4 is 4.90 Å². The molecule has 4 heteroatoms. The van der Waals surface area contributed by atoms with Crippen molar-refractivity contribution < 1.29 is 4.79 Å². The summed E-state index contributed by atoms with van der Waals surface area (Å²) in [5, 5.41) is 2.06. The molecule has 0 bridgehead atoms. The number of amides is 1. The van der Waals surface area contributed by atoms with Crippen molar-refractivity contribution in [3.05, 3.63) is 15.2 Å². The lowest BCUT2D eigenvalue weighted by atomic mass is 9.82. The molecule has 0 N–H and O–H groups in total. The van der Waals surface area contributed by atoms with Crippen molar-refractivity contribution in [2.45, 2.75) is 52.5 Å².